The van der Waals surface area contributed by atoms with Gasteiger partial charge in [-0.1, -0.05) is 77.7 Å². The molecule has 2 bridgehead atoms. The molecule has 1 unspecified atom stereocenters. The van der Waals surface area contributed by atoms with Crippen molar-refractivity contribution in [2.45, 2.75) is 180 Å². The number of carbonyl (C=O) groups is 4. The number of methoxy groups -OCH3 is 3. The molecular formula is C52H81NO12. The SMILES string of the molecule is C=C1[C@H](C)C[C@H](C)/C=C/C=C/C=C(\C)[C@@H](OC)C[C@@H]2CC[C@@H](C)[C@@](O)(O2)C(=O)C(=O)N2CCCCC2C(=O)O[C@H]([C@H](C)C[C@@H]2CC[C@@H](O)[C@H](OC)C2)CC(=O)[C@H](C)/C=C(\C)[C@@H](O)[C@H]1OC. The van der Waals surface area contributed by atoms with Gasteiger partial charge in [-0.2, -0.15) is 0 Å². The van der Waals surface area contributed by atoms with Crippen LogP contribution in [0.1, 0.15) is 126 Å². The first-order valence-electron chi connectivity index (χ1n) is 24.1. The highest BCUT2D eigenvalue weighted by Gasteiger charge is 2.53. The number of esters is 1. The van der Waals surface area contributed by atoms with Gasteiger partial charge in [-0.05, 0) is 118 Å². The van der Waals surface area contributed by atoms with Gasteiger partial charge in [0.2, 0.25) is 5.79 Å². The van der Waals surface area contributed by atoms with Gasteiger partial charge in [0, 0.05) is 52.6 Å². The molecule has 0 radical (unpaired) electrons. The standard InChI is InChI=1S/C52H81NO12/c1-31-17-13-12-14-18-32(2)44(61-9)29-40-22-20-37(7)52(60,65-40)49(57)50(58)53-24-16-15-19-41(53)51(59)64-45(35(5)27-39-21-23-42(54)46(28-39)62-10)30-43(55)34(4)26-36(6)47(56)48(63-11)38(8)33(3)25-31/h12-14,17-18,26,31,33-35,37,39-42,44-48,54,56,60H,8,15-16,19-25,27-30H2,1-7,9-11H3/b14-12+,17-13+,32-18+,36-26+/t31-,33-,34-,35-,37-,39+,40+,41?,42-,44+,45+,46-,47-,48+,52-/m1/s1. The number of aliphatic hydroxyl groups is 3. The van der Waals surface area contributed by atoms with Crippen LogP contribution in [0.5, 0.6) is 0 Å². The molecule has 4 rings (SSSR count). The third-order valence-electron chi connectivity index (χ3n) is 14.7. The highest BCUT2D eigenvalue weighted by Crippen LogP contribution is 2.38. The van der Waals surface area contributed by atoms with Crippen LogP contribution in [-0.2, 0) is 42.9 Å². The van der Waals surface area contributed by atoms with Gasteiger partial charge in [0.1, 0.15) is 30.1 Å². The zero-order valence-electron chi connectivity index (χ0n) is 40.9. The Kier molecular flexibility index (Phi) is 21.0. The van der Waals surface area contributed by atoms with Gasteiger partial charge < -0.3 is 43.9 Å². The number of cyclic esters (lactones) is 1. The third-order valence-corrected chi connectivity index (χ3v) is 14.7. The molecule has 15 atom stereocenters. The lowest BCUT2D eigenvalue weighted by atomic mass is 9.78. The van der Waals surface area contributed by atoms with Crippen LogP contribution in [0.15, 0.2) is 59.8 Å². The Morgan fingerprint density at radius 2 is 1.60 bits per heavy atom. The van der Waals surface area contributed by atoms with Crippen molar-refractivity contribution in [3.8, 4) is 0 Å². The minimum Gasteiger partial charge on any atom is -0.460 e. The molecule has 0 spiro atoms. The number of amides is 1. The summed E-state index contributed by atoms with van der Waals surface area (Å²) >= 11 is 0. The number of aliphatic hydroxyl groups excluding tert-OH is 2. The Labute approximate surface area is 388 Å². The summed E-state index contributed by atoms with van der Waals surface area (Å²) < 4.78 is 29.7. The van der Waals surface area contributed by atoms with Crippen LogP contribution in [0, 0.1) is 35.5 Å². The minimum absolute atomic E-state index is 0.00239. The number of nitrogens with zero attached hydrogens (tertiary/aromatic N) is 1. The maximum Gasteiger partial charge on any atom is 0.329 e. The van der Waals surface area contributed by atoms with Gasteiger partial charge >= 0.3 is 5.97 Å². The van der Waals surface area contributed by atoms with Crippen LogP contribution in [0.3, 0.4) is 0 Å². The monoisotopic (exact) mass is 912 g/mol. The molecule has 1 amide bonds. The molecule has 3 fully saturated rings. The molecule has 366 valence electrons. The number of Topliss-reactive ketones (excluding diaryl/α,β-unsaturated/α-hetero) is 2. The molecule has 65 heavy (non-hydrogen) atoms. The van der Waals surface area contributed by atoms with E-state index in [1.807, 2.05) is 38.2 Å². The highest BCUT2D eigenvalue weighted by molar-refractivity contribution is 6.39. The number of fused-ring (bicyclic) bond motifs is 3. The predicted molar refractivity (Wildman–Crippen MR) is 249 cm³/mol. The van der Waals surface area contributed by atoms with E-state index in [-0.39, 0.29) is 61.0 Å². The van der Waals surface area contributed by atoms with E-state index in [2.05, 4.69) is 26.5 Å². The third kappa shape index (κ3) is 14.4. The fourth-order valence-electron chi connectivity index (χ4n) is 10.2. The van der Waals surface area contributed by atoms with Crippen LogP contribution in [-0.4, -0.2) is 126 Å². The summed E-state index contributed by atoms with van der Waals surface area (Å²) in [6.45, 7) is 17.7. The number of ketones is 2. The summed E-state index contributed by atoms with van der Waals surface area (Å²) in [5, 5.41) is 34.0. The van der Waals surface area contributed by atoms with E-state index in [0.717, 1.165) is 24.0 Å². The van der Waals surface area contributed by atoms with Crippen molar-refractivity contribution in [1.29, 1.82) is 0 Å². The van der Waals surface area contributed by atoms with Gasteiger partial charge in [-0.15, -0.1) is 0 Å². The molecule has 3 N–H and O–H groups in total. The number of ether oxygens (including phenoxy) is 5. The molecule has 1 saturated carbocycles. The first-order chi connectivity index (χ1) is 30.7. The van der Waals surface area contributed by atoms with E-state index in [9.17, 15) is 34.5 Å². The second-order valence-electron chi connectivity index (χ2n) is 19.8. The lowest BCUT2D eigenvalue weighted by molar-refractivity contribution is -0.265. The highest BCUT2D eigenvalue weighted by atomic mass is 16.6. The van der Waals surface area contributed by atoms with E-state index in [1.165, 1.54) is 12.0 Å². The van der Waals surface area contributed by atoms with E-state index in [0.29, 0.717) is 56.9 Å². The van der Waals surface area contributed by atoms with Crippen molar-refractivity contribution >= 4 is 23.4 Å². The van der Waals surface area contributed by atoms with Crippen LogP contribution < -0.4 is 0 Å². The maximum atomic E-state index is 14.4. The Morgan fingerprint density at radius 3 is 2.28 bits per heavy atom. The molecule has 0 aromatic heterocycles. The molecule has 1 aliphatic carbocycles. The first-order valence-corrected chi connectivity index (χ1v) is 24.1. The number of carbonyl (C=O) groups excluding carboxylic acids is 4. The number of rotatable bonds is 6. The van der Waals surface area contributed by atoms with Gasteiger partial charge in [-0.25, -0.2) is 4.79 Å². The molecule has 3 aliphatic heterocycles. The summed E-state index contributed by atoms with van der Waals surface area (Å²) in [5.41, 5.74) is 2.20. The average Bonchev–Trinajstić information content (AvgIpc) is 3.28. The summed E-state index contributed by atoms with van der Waals surface area (Å²) in [7, 11) is 4.71. The van der Waals surface area contributed by atoms with E-state index in [4.69, 9.17) is 23.7 Å². The normalized spacial score (nSPS) is 40.4. The van der Waals surface area contributed by atoms with Gasteiger partial charge in [0.05, 0.1) is 24.4 Å². The van der Waals surface area contributed by atoms with Crippen LogP contribution in [0.25, 0.3) is 0 Å². The van der Waals surface area contributed by atoms with E-state index in [1.54, 1.807) is 41.1 Å². The first kappa shape index (κ1) is 54.3. The molecule has 4 aliphatic rings. The second kappa shape index (κ2) is 25.2. The smallest absolute Gasteiger partial charge is 0.329 e. The molecule has 2 saturated heterocycles. The van der Waals surface area contributed by atoms with Crippen LogP contribution >= 0.6 is 0 Å². The summed E-state index contributed by atoms with van der Waals surface area (Å²) in [6, 6.07) is -1.12. The van der Waals surface area contributed by atoms with Gasteiger partial charge in [0.25, 0.3) is 11.7 Å². The molecule has 3 heterocycles. The van der Waals surface area contributed by atoms with Crippen molar-refractivity contribution in [3.05, 3.63) is 59.8 Å². The molecule has 0 aromatic rings. The number of piperidine rings is 1. The number of hydrogen-bond acceptors (Lipinski definition) is 12. The van der Waals surface area contributed by atoms with Gasteiger partial charge in [0.15, 0.2) is 0 Å². The Hall–Kier alpha value is -3.30. The summed E-state index contributed by atoms with van der Waals surface area (Å²) in [4.78, 5) is 58.2. The van der Waals surface area contributed by atoms with Crippen molar-refractivity contribution in [2.24, 2.45) is 35.5 Å². The summed E-state index contributed by atoms with van der Waals surface area (Å²) in [5.74, 6) is -6.81. The fourth-order valence-corrected chi connectivity index (χ4v) is 10.2. The largest absolute Gasteiger partial charge is 0.460 e. The maximum absolute atomic E-state index is 14.4. The van der Waals surface area contributed by atoms with Crippen molar-refractivity contribution in [1.82, 2.24) is 4.90 Å². The number of allylic oxidation sites excluding steroid dienone is 6. The number of hydrogen-bond donors (Lipinski definition) is 3. The molecule has 0 aromatic carbocycles. The fraction of sp³-hybridized carbons (Fsp3) is 0.731. The molecule has 13 nitrogen and oxygen atoms in total. The molecule has 13 heteroatoms. The Balaban J connectivity index is 1.70. The predicted octanol–water partition coefficient (Wildman–Crippen LogP) is 7.17. The topological polar surface area (TPSA) is 178 Å². The average molecular weight is 912 g/mol. The Bertz CT molecular complexity index is 1750. The van der Waals surface area contributed by atoms with Crippen LogP contribution in [0.4, 0.5) is 0 Å². The Morgan fingerprint density at radius 1 is 0.877 bits per heavy atom. The van der Waals surface area contributed by atoms with Crippen molar-refractivity contribution in [2.75, 3.05) is 27.9 Å². The minimum atomic E-state index is -2.41. The molecular weight excluding hydrogens is 831 g/mol. The zero-order valence-corrected chi connectivity index (χ0v) is 40.9. The van der Waals surface area contributed by atoms with E-state index < -0.39 is 71.8 Å². The summed E-state index contributed by atoms with van der Waals surface area (Å²) in [6.07, 6.45) is 13.0. The lowest BCUT2D eigenvalue weighted by Crippen LogP contribution is -2.61. The second-order valence-corrected chi connectivity index (χ2v) is 19.8. The quantitative estimate of drug-likeness (QED) is 0.139. The van der Waals surface area contributed by atoms with Crippen molar-refractivity contribution in [3.63, 3.8) is 0 Å². The van der Waals surface area contributed by atoms with Crippen molar-refractivity contribution < 1.29 is 58.2 Å². The van der Waals surface area contributed by atoms with E-state index >= 15 is 0 Å². The van der Waals surface area contributed by atoms with Crippen LogP contribution in [0.2, 0.25) is 0 Å². The zero-order chi connectivity index (χ0) is 48.2. The lowest BCUT2D eigenvalue weighted by Gasteiger charge is -2.42. The van der Waals surface area contributed by atoms with Gasteiger partial charge in [-0.3, -0.25) is 14.4 Å².